The van der Waals surface area contributed by atoms with Crippen molar-refractivity contribution in [3.63, 3.8) is 0 Å². The van der Waals surface area contributed by atoms with Gasteiger partial charge in [-0.15, -0.1) is 0 Å². The summed E-state index contributed by atoms with van der Waals surface area (Å²) in [5.41, 5.74) is 11.3. The maximum absolute atomic E-state index is 12.4. The molecule has 4 heterocycles. The van der Waals surface area contributed by atoms with Gasteiger partial charge in [0.05, 0.1) is 40.6 Å². The number of rotatable bonds is 15. The highest BCUT2D eigenvalue weighted by atomic mass is 79.9. The van der Waals surface area contributed by atoms with Gasteiger partial charge in [-0.1, -0.05) is 80.9 Å². The third-order valence-electron chi connectivity index (χ3n) is 10.3. The van der Waals surface area contributed by atoms with Gasteiger partial charge in [0, 0.05) is 53.6 Å². The van der Waals surface area contributed by atoms with Crippen LogP contribution in [-0.4, -0.2) is 118 Å². The van der Waals surface area contributed by atoms with Gasteiger partial charge in [-0.25, -0.2) is 46.5 Å². The number of hydrogen-bond acceptors (Lipinski definition) is 22. The SMILES string of the molecule is CC(C)N.CC(C)NS(=O)(=O)c1ccccc1Nc1nc(Cl)ncc1Br.CCN(C(C)C)C(C)C.Clc1ncc(Br)c(Cl)n1.Nc1ccccc1S(=O)(=O)O.O=S(=O)(Cl)c1ccccc1Nc1nc(Cl)ncc1Br.O=S(=O)(O)c1ccccc1Nc1nc(Cl)ncc1Br. The second kappa shape index (κ2) is 40.4. The lowest BCUT2D eigenvalue weighted by Gasteiger charge is -2.28. The van der Waals surface area contributed by atoms with E-state index in [1.54, 1.807) is 62.4 Å². The quantitative estimate of drug-likeness (QED) is 0.0155. The Morgan fingerprint density at radius 1 is 0.484 bits per heavy atom. The van der Waals surface area contributed by atoms with Gasteiger partial charge < -0.3 is 27.4 Å². The van der Waals surface area contributed by atoms with Gasteiger partial charge in [0.15, 0.2) is 0 Å². The molecule has 4 aromatic carbocycles. The first-order chi connectivity index (χ1) is 43.1. The molecular formula is C54H63Br4Cl6N15O10S4. The van der Waals surface area contributed by atoms with E-state index < -0.39 is 39.3 Å². The minimum Gasteiger partial charge on any atom is -0.398 e. The van der Waals surface area contributed by atoms with Crippen molar-refractivity contribution in [3.8, 4) is 0 Å². The molecule has 0 aliphatic heterocycles. The molecule has 0 saturated heterocycles. The summed E-state index contributed by atoms with van der Waals surface area (Å²) in [5, 5.41) is 9.16. The van der Waals surface area contributed by atoms with Crippen LogP contribution in [0.1, 0.15) is 62.3 Å². The Bertz CT molecular complexity index is 4080. The second-order valence-electron chi connectivity index (χ2n) is 19.1. The van der Waals surface area contributed by atoms with Crippen molar-refractivity contribution in [3.05, 3.63) is 166 Å². The van der Waals surface area contributed by atoms with Crippen molar-refractivity contribution < 1.29 is 42.8 Å². The highest BCUT2D eigenvalue weighted by Gasteiger charge is 2.22. The molecule has 4 aromatic heterocycles. The van der Waals surface area contributed by atoms with Crippen molar-refractivity contribution in [1.29, 1.82) is 0 Å². The van der Waals surface area contributed by atoms with Crippen LogP contribution in [0.5, 0.6) is 0 Å². The number of halogens is 10. The Labute approximate surface area is 604 Å². The number of hydrogen-bond donors (Lipinski definition) is 8. The van der Waals surface area contributed by atoms with Gasteiger partial charge in [-0.2, -0.15) is 31.8 Å². The number of anilines is 7. The van der Waals surface area contributed by atoms with Crippen LogP contribution in [0.3, 0.4) is 0 Å². The normalized spacial score (nSPS) is 11.2. The van der Waals surface area contributed by atoms with Crippen molar-refractivity contribution in [2.24, 2.45) is 5.73 Å². The predicted molar refractivity (Wildman–Crippen MR) is 384 cm³/mol. The number of nitrogen functional groups attached to an aromatic ring is 1. The zero-order chi connectivity index (χ0) is 70.8. The molecule has 0 amide bonds. The van der Waals surface area contributed by atoms with E-state index in [2.05, 4.69) is 164 Å². The standard InChI is InChI=1S/C13H14BrClN4O2S.C10H6BrCl2N3O2S.C10H7BrClN3O3S.C8H19N.C6H7NO3S.C4HBrCl2N2.C3H9N/c1-8(2)19-22(20,21)11-6-4-3-5-10(11)17-12-9(14)7-16-13(15)18-12;11-6-5-14-10(12)16-9(6)15-7-3-1-2-4-8(7)19(13,17)18;11-6-5-13-10(12)15-9(6)14-7-3-1-2-4-8(7)19(16,17)18;1-6-9(7(2)3)8(4)5;7-5-3-1-2-4-6(5)11(8,9)10;5-2-1-8-4(7)9-3(2)6;1-3(2)4/h3-8,19H,1-2H3,(H,16,17,18);1-5H,(H,14,15,16);1-5H,(H,13,14,15)(H,16,17,18);7-8H,6H2,1-5H3;1-4H,7H2,(H,8,9,10);1H;3H,4H2,1-2H3. The molecule has 0 aliphatic rings. The molecule has 8 aromatic rings. The Morgan fingerprint density at radius 2 is 0.785 bits per heavy atom. The average molecular weight is 1740 g/mol. The molecule has 0 bridgehead atoms. The van der Waals surface area contributed by atoms with E-state index in [9.17, 15) is 33.7 Å². The van der Waals surface area contributed by atoms with Gasteiger partial charge in [0.2, 0.25) is 31.2 Å². The average Bonchev–Trinajstić information content (AvgIpc) is 0.859. The molecule has 0 spiro atoms. The maximum atomic E-state index is 12.4. The first-order valence-corrected chi connectivity index (χ1v) is 38.1. The summed E-state index contributed by atoms with van der Waals surface area (Å²) in [6.45, 7) is 19.7. The fourth-order valence-electron chi connectivity index (χ4n) is 6.81. The molecule has 39 heteroatoms. The van der Waals surface area contributed by atoms with E-state index in [0.29, 0.717) is 64.2 Å². The summed E-state index contributed by atoms with van der Waals surface area (Å²) in [7, 11) is -10.6. The molecule has 0 unspecified atom stereocenters. The van der Waals surface area contributed by atoms with E-state index in [0.717, 1.165) is 6.54 Å². The molecule has 0 saturated carbocycles. The van der Waals surface area contributed by atoms with Crippen molar-refractivity contribution in [1.82, 2.24) is 49.5 Å². The predicted octanol–water partition coefficient (Wildman–Crippen LogP) is 15.3. The van der Waals surface area contributed by atoms with Crippen LogP contribution in [0.15, 0.2) is 159 Å². The first-order valence-electron chi connectivity index (χ1n) is 26.3. The maximum Gasteiger partial charge on any atom is 0.296 e. The number of nitrogens with two attached hydrogens (primary N) is 2. The lowest BCUT2D eigenvalue weighted by Crippen LogP contribution is -2.36. The Balaban J connectivity index is 0.000000387. The van der Waals surface area contributed by atoms with E-state index in [1.807, 2.05) is 13.8 Å². The van der Waals surface area contributed by atoms with E-state index >= 15 is 0 Å². The molecule has 0 radical (unpaired) electrons. The fourth-order valence-corrected chi connectivity index (χ4v) is 12.3. The fraction of sp³-hybridized carbons (Fsp3) is 0.259. The van der Waals surface area contributed by atoms with Gasteiger partial charge in [-0.3, -0.25) is 14.0 Å². The molecule has 508 valence electrons. The minimum absolute atomic E-state index is 0.00929. The highest BCUT2D eigenvalue weighted by Crippen LogP contribution is 2.32. The zero-order valence-corrected chi connectivity index (χ0v) is 64.5. The van der Waals surface area contributed by atoms with Gasteiger partial charge in [0.1, 0.15) is 42.2 Å². The largest absolute Gasteiger partial charge is 0.398 e. The highest BCUT2D eigenvalue weighted by molar-refractivity contribution is 9.11. The van der Waals surface area contributed by atoms with E-state index in [-0.39, 0.29) is 64.0 Å². The summed E-state index contributed by atoms with van der Waals surface area (Å²) >= 11 is 40.9. The van der Waals surface area contributed by atoms with Crippen LogP contribution in [-0.2, 0) is 39.3 Å². The number of benzene rings is 4. The summed E-state index contributed by atoms with van der Waals surface area (Å²) in [4.78, 5) is 32.6. The third kappa shape index (κ3) is 31.6. The van der Waals surface area contributed by atoms with Crippen LogP contribution < -0.4 is 32.1 Å². The molecule has 25 nitrogen and oxygen atoms in total. The van der Waals surface area contributed by atoms with Crippen LogP contribution >= 0.6 is 132 Å². The van der Waals surface area contributed by atoms with E-state index in [4.69, 9.17) is 89.3 Å². The molecule has 93 heavy (non-hydrogen) atoms. The van der Waals surface area contributed by atoms with Crippen LogP contribution in [0.25, 0.3) is 0 Å². The molecule has 0 fully saturated rings. The van der Waals surface area contributed by atoms with Crippen molar-refractivity contribution in [2.45, 2.75) is 106 Å². The summed E-state index contributed by atoms with van der Waals surface area (Å²) in [5.74, 6) is 1.01. The van der Waals surface area contributed by atoms with Crippen molar-refractivity contribution >= 4 is 212 Å². The Kier molecular flexibility index (Phi) is 36.8. The van der Waals surface area contributed by atoms with Gasteiger partial charge >= 0.3 is 0 Å². The number of nitrogens with zero attached hydrogens (tertiary/aromatic N) is 9. The third-order valence-corrected chi connectivity index (χ3v) is 18.8. The minimum atomic E-state index is -4.33. The molecule has 0 atom stereocenters. The van der Waals surface area contributed by atoms with Gasteiger partial charge in [0.25, 0.3) is 29.3 Å². The first kappa shape index (κ1) is 84.7. The van der Waals surface area contributed by atoms with Gasteiger partial charge in [-0.05, 0) is 213 Å². The van der Waals surface area contributed by atoms with Crippen molar-refractivity contribution in [2.75, 3.05) is 28.2 Å². The molecular weight excluding hydrogens is 1680 g/mol. The molecule has 10 N–H and O–H groups in total. The number of para-hydroxylation sites is 4. The Hall–Kier alpha value is -4.34. The lowest BCUT2D eigenvalue weighted by molar-refractivity contribution is 0.185. The summed E-state index contributed by atoms with van der Waals surface area (Å²) < 4.78 is 114. The van der Waals surface area contributed by atoms with Crippen LogP contribution in [0, 0.1) is 0 Å². The molecule has 0 aliphatic carbocycles. The van der Waals surface area contributed by atoms with Crippen LogP contribution in [0.4, 0.5) is 40.2 Å². The Morgan fingerprint density at radius 3 is 1.08 bits per heavy atom. The summed E-state index contributed by atoms with van der Waals surface area (Å²) in [6.07, 6.45) is 5.86. The monoisotopic (exact) mass is 1730 g/mol. The topological polar surface area (TPSA) is 384 Å². The zero-order valence-electron chi connectivity index (χ0n) is 50.3. The van der Waals surface area contributed by atoms with E-state index in [1.165, 1.54) is 73.3 Å². The number of nitrogens with one attached hydrogen (secondary N) is 4. The summed E-state index contributed by atoms with van der Waals surface area (Å²) in [6, 6.07) is 25.9. The number of aromatic nitrogens is 8. The van der Waals surface area contributed by atoms with Crippen LogP contribution in [0.2, 0.25) is 26.3 Å². The number of sulfonamides is 1. The molecule has 8 rings (SSSR count). The second-order valence-corrected chi connectivity index (χ2v) is 31.2. The smallest absolute Gasteiger partial charge is 0.296 e. The lowest BCUT2D eigenvalue weighted by atomic mass is 10.2.